The first-order valence-corrected chi connectivity index (χ1v) is 12.8. The first-order chi connectivity index (χ1) is 18.7. The lowest BCUT2D eigenvalue weighted by Crippen LogP contribution is -2.49. The van der Waals surface area contributed by atoms with Crippen LogP contribution in [0.1, 0.15) is 37.4 Å². The van der Waals surface area contributed by atoms with Crippen LogP contribution in [0.4, 0.5) is 17.6 Å². The Morgan fingerprint density at radius 2 is 1.90 bits per heavy atom. The Morgan fingerprint density at radius 3 is 2.54 bits per heavy atom. The Morgan fingerprint density at radius 1 is 1.21 bits per heavy atom. The van der Waals surface area contributed by atoms with Gasteiger partial charge >= 0.3 is 0 Å². The summed E-state index contributed by atoms with van der Waals surface area (Å²) in [6.45, 7) is 1.03. The maximum absolute atomic E-state index is 15.7. The molecule has 39 heavy (non-hydrogen) atoms. The zero-order valence-electron chi connectivity index (χ0n) is 21.2. The molecule has 0 radical (unpaired) electrons. The highest BCUT2D eigenvalue weighted by Crippen LogP contribution is 2.42. The van der Waals surface area contributed by atoms with E-state index in [0.29, 0.717) is 61.3 Å². The molecule has 2 aromatic carbocycles. The number of carbonyl (C=O) groups is 1. The number of amides is 1. The Kier molecular flexibility index (Phi) is 9.14. The molecule has 0 saturated carbocycles. The second-order valence-electron chi connectivity index (χ2n) is 9.52. The fourth-order valence-corrected chi connectivity index (χ4v) is 5.29. The van der Waals surface area contributed by atoms with Crippen LogP contribution >= 0.6 is 11.6 Å². The molecule has 1 saturated heterocycles. The summed E-state index contributed by atoms with van der Waals surface area (Å²) < 4.78 is 66.8. The second-order valence-corrected chi connectivity index (χ2v) is 9.93. The van der Waals surface area contributed by atoms with Crippen LogP contribution in [-0.4, -0.2) is 54.3 Å². The van der Waals surface area contributed by atoms with E-state index in [1.807, 2.05) is 4.90 Å². The number of hydroxylamine groups is 1. The lowest BCUT2D eigenvalue weighted by atomic mass is 9.73. The number of methoxy groups -OCH3 is 1. The van der Waals surface area contributed by atoms with E-state index in [1.165, 1.54) is 13.3 Å². The third-order valence-electron chi connectivity index (χ3n) is 7.27. The van der Waals surface area contributed by atoms with Gasteiger partial charge < -0.3 is 9.47 Å². The molecule has 1 amide bonds. The minimum Gasteiger partial charge on any atom is -0.497 e. The van der Waals surface area contributed by atoms with Crippen molar-refractivity contribution < 1.29 is 37.0 Å². The van der Waals surface area contributed by atoms with Gasteiger partial charge in [-0.05, 0) is 57.0 Å². The van der Waals surface area contributed by atoms with Gasteiger partial charge in [0.2, 0.25) is 5.91 Å². The number of benzene rings is 2. The summed E-state index contributed by atoms with van der Waals surface area (Å²) in [5, 5.41) is 10.1. The van der Waals surface area contributed by atoms with Gasteiger partial charge in [0.25, 0.3) is 0 Å². The van der Waals surface area contributed by atoms with E-state index < -0.39 is 40.7 Å². The van der Waals surface area contributed by atoms with Crippen LogP contribution in [-0.2, 0) is 4.79 Å². The molecule has 1 aliphatic heterocycles. The molecule has 1 aromatic heterocycles. The van der Waals surface area contributed by atoms with Gasteiger partial charge in [0.05, 0.1) is 23.1 Å². The van der Waals surface area contributed by atoms with E-state index in [2.05, 4.69) is 4.98 Å². The van der Waals surface area contributed by atoms with Crippen LogP contribution in [0.2, 0.25) is 5.02 Å². The average Bonchev–Trinajstić information content (AvgIpc) is 2.93. The Balaban J connectivity index is 1.40. The van der Waals surface area contributed by atoms with Crippen molar-refractivity contribution in [1.29, 1.82) is 0 Å². The van der Waals surface area contributed by atoms with Gasteiger partial charge in [-0.25, -0.2) is 23.0 Å². The van der Waals surface area contributed by atoms with Crippen LogP contribution in [0.15, 0.2) is 36.5 Å². The molecule has 210 valence electrons. The third kappa shape index (κ3) is 6.37. The molecule has 0 bridgehead atoms. The van der Waals surface area contributed by atoms with Crippen molar-refractivity contribution in [3.05, 3.63) is 64.6 Å². The number of rotatable bonds is 10. The van der Waals surface area contributed by atoms with Gasteiger partial charge in [0.15, 0.2) is 17.4 Å². The predicted molar refractivity (Wildman–Crippen MR) is 136 cm³/mol. The number of aromatic nitrogens is 1. The van der Waals surface area contributed by atoms with Crippen molar-refractivity contribution in [1.82, 2.24) is 15.4 Å². The van der Waals surface area contributed by atoms with Gasteiger partial charge in [-0.1, -0.05) is 11.6 Å². The molecule has 2 N–H and O–H groups in total. The molecule has 4 rings (SSSR count). The molecule has 1 atom stereocenters. The van der Waals surface area contributed by atoms with Gasteiger partial charge in [-0.2, -0.15) is 0 Å². The molecule has 1 aliphatic rings. The molecule has 2 heterocycles. The molecule has 0 aliphatic carbocycles. The van der Waals surface area contributed by atoms with Gasteiger partial charge in [0.1, 0.15) is 24.3 Å². The minimum absolute atomic E-state index is 0.0320. The maximum atomic E-state index is 15.7. The number of pyridine rings is 1. The van der Waals surface area contributed by atoms with E-state index >= 15 is 4.39 Å². The molecular formula is C27H28ClF4N3O4. The normalized spacial score (nSPS) is 16.2. The molecule has 1 fully saturated rings. The Hall–Kier alpha value is -3.15. The zero-order chi connectivity index (χ0) is 28.2. The summed E-state index contributed by atoms with van der Waals surface area (Å²) in [5.74, 6) is -4.04. The lowest BCUT2D eigenvalue weighted by Gasteiger charge is -2.40. The quantitative estimate of drug-likeness (QED) is 0.183. The predicted octanol–water partition coefficient (Wildman–Crippen LogP) is 5.77. The summed E-state index contributed by atoms with van der Waals surface area (Å²) in [5.41, 5.74) is 1.50. The number of ether oxygens (including phenoxy) is 2. The fourth-order valence-electron chi connectivity index (χ4n) is 5.02. The van der Waals surface area contributed by atoms with Crippen molar-refractivity contribution in [3.8, 4) is 11.5 Å². The highest BCUT2D eigenvalue weighted by Gasteiger charge is 2.41. The van der Waals surface area contributed by atoms with E-state index in [-0.39, 0.29) is 30.0 Å². The number of nitrogens with one attached hydrogen (secondary N) is 1. The van der Waals surface area contributed by atoms with E-state index in [0.717, 1.165) is 0 Å². The summed E-state index contributed by atoms with van der Waals surface area (Å²) in [7, 11) is 1.50. The number of halogens is 5. The average molecular weight is 570 g/mol. The lowest BCUT2D eigenvalue weighted by molar-refractivity contribution is -0.143. The van der Waals surface area contributed by atoms with E-state index in [9.17, 15) is 23.2 Å². The highest BCUT2D eigenvalue weighted by atomic mass is 35.5. The van der Waals surface area contributed by atoms with Crippen molar-refractivity contribution in [2.24, 2.45) is 5.41 Å². The second kappa shape index (κ2) is 12.4. The van der Waals surface area contributed by atoms with E-state index in [4.69, 9.17) is 21.1 Å². The minimum atomic E-state index is -1.51. The Labute approximate surface area is 227 Å². The van der Waals surface area contributed by atoms with Crippen molar-refractivity contribution in [2.75, 3.05) is 33.4 Å². The topological polar surface area (TPSA) is 83.9 Å². The summed E-state index contributed by atoms with van der Waals surface area (Å²) in [6, 6.07) is 6.16. The summed E-state index contributed by atoms with van der Waals surface area (Å²) in [4.78, 5) is 18.9. The first kappa shape index (κ1) is 28.8. The smallest absolute Gasteiger partial charge is 0.249 e. The molecule has 12 heteroatoms. The van der Waals surface area contributed by atoms with E-state index in [1.54, 1.807) is 23.7 Å². The van der Waals surface area contributed by atoms with Crippen molar-refractivity contribution >= 4 is 28.4 Å². The number of likely N-dealkylation sites (tertiary alicyclic amines) is 1. The number of piperidine rings is 1. The SMILES string of the molecule is COc1ccc2ncc(Cl)c([C@H](F)CCC3(C(=O)NO)CCN(CCOc4c(F)cc(F)cc4F)CC3)c2c1. The number of nitrogens with zero attached hydrogens (tertiary/aromatic N) is 2. The van der Waals surface area contributed by atoms with Gasteiger partial charge in [-0.15, -0.1) is 0 Å². The van der Waals surface area contributed by atoms with Gasteiger partial charge in [0, 0.05) is 35.8 Å². The molecule has 3 aromatic rings. The van der Waals surface area contributed by atoms with Crippen LogP contribution in [0.5, 0.6) is 11.5 Å². The maximum Gasteiger partial charge on any atom is 0.249 e. The number of fused-ring (bicyclic) bond motifs is 1. The summed E-state index contributed by atoms with van der Waals surface area (Å²) in [6.07, 6.45) is 0.606. The molecule has 0 spiro atoms. The van der Waals surface area contributed by atoms with Crippen LogP contribution in [0, 0.1) is 22.9 Å². The number of alkyl halides is 1. The first-order valence-electron chi connectivity index (χ1n) is 12.4. The monoisotopic (exact) mass is 569 g/mol. The standard InChI is InChI=1S/C27H28ClF4N3O4/c1-38-17-2-3-23-18(14-17)24(19(28)15-33-23)20(30)4-5-27(26(36)34-37)6-8-35(9-7-27)10-11-39-25-21(31)12-16(29)13-22(25)32/h2-3,12-15,20,37H,4-11H2,1H3,(H,34,36)/t20-/m1/s1. The third-order valence-corrected chi connectivity index (χ3v) is 7.57. The highest BCUT2D eigenvalue weighted by molar-refractivity contribution is 6.32. The molecule has 0 unspecified atom stereocenters. The summed E-state index contributed by atoms with van der Waals surface area (Å²) >= 11 is 6.33. The molecular weight excluding hydrogens is 542 g/mol. The number of hydrogen-bond donors (Lipinski definition) is 2. The van der Waals surface area contributed by atoms with Crippen molar-refractivity contribution in [3.63, 3.8) is 0 Å². The van der Waals surface area contributed by atoms with Crippen LogP contribution in [0.25, 0.3) is 10.9 Å². The Bertz CT molecular complexity index is 1310. The van der Waals surface area contributed by atoms with Crippen molar-refractivity contribution in [2.45, 2.75) is 31.9 Å². The van der Waals surface area contributed by atoms with Crippen LogP contribution in [0.3, 0.4) is 0 Å². The molecule has 7 nitrogen and oxygen atoms in total. The zero-order valence-corrected chi connectivity index (χ0v) is 21.9. The van der Waals surface area contributed by atoms with Crippen LogP contribution < -0.4 is 15.0 Å². The fraction of sp³-hybridized carbons (Fsp3) is 0.407. The largest absolute Gasteiger partial charge is 0.497 e. The number of carbonyl (C=O) groups excluding carboxylic acids is 1. The van der Waals surface area contributed by atoms with Gasteiger partial charge in [-0.3, -0.25) is 19.9 Å². The number of hydrogen-bond acceptors (Lipinski definition) is 6.